The van der Waals surface area contributed by atoms with Crippen LogP contribution in [0.25, 0.3) is 0 Å². The molecule has 116 valence electrons. The fourth-order valence-corrected chi connectivity index (χ4v) is 3.85. The summed E-state index contributed by atoms with van der Waals surface area (Å²) in [7, 11) is -3.55. The van der Waals surface area contributed by atoms with E-state index in [9.17, 15) is 8.42 Å². The van der Waals surface area contributed by atoms with Gasteiger partial charge in [-0.1, -0.05) is 6.07 Å². The lowest BCUT2D eigenvalue weighted by molar-refractivity contribution is 0.383. The van der Waals surface area contributed by atoms with Gasteiger partial charge < -0.3 is 10.6 Å². The van der Waals surface area contributed by atoms with Gasteiger partial charge in [-0.15, -0.1) is 0 Å². The van der Waals surface area contributed by atoms with Crippen LogP contribution < -0.4 is 10.6 Å². The van der Waals surface area contributed by atoms with Crippen LogP contribution in [0.4, 0.5) is 11.5 Å². The molecule has 0 radical (unpaired) electrons. The molecular formula is C14H17N5O2S. The molecule has 0 bridgehead atoms. The van der Waals surface area contributed by atoms with Crippen molar-refractivity contribution in [1.82, 2.24) is 14.3 Å². The van der Waals surface area contributed by atoms with Gasteiger partial charge in [0.05, 0.1) is 5.69 Å². The second kappa shape index (κ2) is 5.90. The number of piperazine rings is 1. The highest BCUT2D eigenvalue weighted by Crippen LogP contribution is 2.20. The Morgan fingerprint density at radius 2 is 1.86 bits per heavy atom. The van der Waals surface area contributed by atoms with Crippen molar-refractivity contribution in [3.63, 3.8) is 0 Å². The predicted octanol–water partition coefficient (Wildman–Crippen LogP) is 0.570. The Bertz CT molecular complexity index is 743. The zero-order chi connectivity index (χ0) is 15.6. The standard InChI is InChI=1S/C14H17N5O2S/c15-12-9-13(11-16-10-12)22(20,21)19-7-5-18(6-8-19)14-3-1-2-4-17-14/h1-4,9-11H,5-8,15H2. The van der Waals surface area contributed by atoms with Crippen molar-refractivity contribution >= 4 is 21.5 Å². The first-order valence-corrected chi connectivity index (χ1v) is 8.38. The van der Waals surface area contributed by atoms with Crippen molar-refractivity contribution in [3.8, 4) is 0 Å². The lowest BCUT2D eigenvalue weighted by atomic mass is 10.3. The number of hydrogen-bond donors (Lipinski definition) is 1. The molecule has 1 saturated heterocycles. The summed E-state index contributed by atoms with van der Waals surface area (Å²) in [5, 5.41) is 0. The zero-order valence-electron chi connectivity index (χ0n) is 12.0. The van der Waals surface area contributed by atoms with Gasteiger partial charge in [0.2, 0.25) is 10.0 Å². The summed E-state index contributed by atoms with van der Waals surface area (Å²) in [6, 6.07) is 7.14. The lowest BCUT2D eigenvalue weighted by Gasteiger charge is -2.34. The van der Waals surface area contributed by atoms with E-state index in [0.29, 0.717) is 31.9 Å². The number of rotatable bonds is 3. The third kappa shape index (κ3) is 2.88. The van der Waals surface area contributed by atoms with Crippen LogP contribution in [0.1, 0.15) is 0 Å². The Hall–Kier alpha value is -2.19. The smallest absolute Gasteiger partial charge is 0.244 e. The van der Waals surface area contributed by atoms with Crippen molar-refractivity contribution in [1.29, 1.82) is 0 Å². The molecule has 0 saturated carbocycles. The Kier molecular flexibility index (Phi) is 3.95. The van der Waals surface area contributed by atoms with E-state index in [1.54, 1.807) is 6.20 Å². The quantitative estimate of drug-likeness (QED) is 0.889. The zero-order valence-corrected chi connectivity index (χ0v) is 12.8. The maximum absolute atomic E-state index is 12.6. The molecule has 2 N–H and O–H groups in total. The summed E-state index contributed by atoms with van der Waals surface area (Å²) >= 11 is 0. The van der Waals surface area contributed by atoms with Crippen LogP contribution >= 0.6 is 0 Å². The molecule has 7 nitrogen and oxygen atoms in total. The highest BCUT2D eigenvalue weighted by Gasteiger charge is 2.29. The molecule has 0 atom stereocenters. The number of hydrogen-bond acceptors (Lipinski definition) is 6. The SMILES string of the molecule is Nc1cncc(S(=O)(=O)N2CCN(c3ccccn3)CC2)c1. The van der Waals surface area contributed by atoms with E-state index in [2.05, 4.69) is 14.9 Å². The molecule has 0 amide bonds. The van der Waals surface area contributed by atoms with E-state index in [4.69, 9.17) is 5.73 Å². The molecule has 1 aliphatic heterocycles. The van der Waals surface area contributed by atoms with Gasteiger partial charge in [-0.25, -0.2) is 13.4 Å². The second-order valence-electron chi connectivity index (χ2n) is 5.03. The second-order valence-corrected chi connectivity index (χ2v) is 6.97. The van der Waals surface area contributed by atoms with Gasteiger partial charge >= 0.3 is 0 Å². The summed E-state index contributed by atoms with van der Waals surface area (Å²) in [5.74, 6) is 0.866. The van der Waals surface area contributed by atoms with Gasteiger partial charge in [-0.05, 0) is 18.2 Å². The molecule has 0 spiro atoms. The van der Waals surface area contributed by atoms with E-state index in [0.717, 1.165) is 5.82 Å². The number of nitrogen functional groups attached to an aromatic ring is 1. The predicted molar refractivity (Wildman–Crippen MR) is 83.9 cm³/mol. The molecule has 2 aromatic heterocycles. The molecular weight excluding hydrogens is 302 g/mol. The summed E-state index contributed by atoms with van der Waals surface area (Å²) in [5.41, 5.74) is 5.96. The normalized spacial score (nSPS) is 16.6. The third-order valence-electron chi connectivity index (χ3n) is 3.58. The van der Waals surface area contributed by atoms with Crippen LogP contribution in [-0.4, -0.2) is 48.9 Å². The molecule has 1 fully saturated rings. The number of pyridine rings is 2. The first-order valence-electron chi connectivity index (χ1n) is 6.94. The molecule has 8 heteroatoms. The maximum Gasteiger partial charge on any atom is 0.244 e. The van der Waals surface area contributed by atoms with Crippen LogP contribution in [0.5, 0.6) is 0 Å². The van der Waals surface area contributed by atoms with Crippen LogP contribution in [0.3, 0.4) is 0 Å². The van der Waals surface area contributed by atoms with Gasteiger partial charge in [0, 0.05) is 44.8 Å². The van der Waals surface area contributed by atoms with E-state index in [1.165, 1.54) is 22.8 Å². The number of sulfonamides is 1. The highest BCUT2D eigenvalue weighted by atomic mass is 32.2. The minimum Gasteiger partial charge on any atom is -0.397 e. The Balaban J connectivity index is 1.73. The van der Waals surface area contributed by atoms with Crippen molar-refractivity contribution < 1.29 is 8.42 Å². The Morgan fingerprint density at radius 1 is 1.09 bits per heavy atom. The van der Waals surface area contributed by atoms with Gasteiger partial charge in [0.25, 0.3) is 0 Å². The Morgan fingerprint density at radius 3 is 2.50 bits per heavy atom. The first kappa shape index (κ1) is 14.7. The monoisotopic (exact) mass is 319 g/mol. The summed E-state index contributed by atoms with van der Waals surface area (Å²) in [6.45, 7) is 2.03. The van der Waals surface area contributed by atoms with E-state index >= 15 is 0 Å². The lowest BCUT2D eigenvalue weighted by Crippen LogP contribution is -2.48. The number of anilines is 2. The van der Waals surface area contributed by atoms with Crippen LogP contribution in [0, 0.1) is 0 Å². The van der Waals surface area contributed by atoms with Crippen molar-refractivity contribution in [3.05, 3.63) is 42.9 Å². The fourth-order valence-electron chi connectivity index (χ4n) is 2.42. The van der Waals surface area contributed by atoms with Crippen molar-refractivity contribution in [2.45, 2.75) is 4.90 Å². The van der Waals surface area contributed by atoms with E-state index in [1.807, 2.05) is 18.2 Å². The molecule has 1 aliphatic rings. The van der Waals surface area contributed by atoms with Crippen LogP contribution in [0.2, 0.25) is 0 Å². The summed E-state index contributed by atoms with van der Waals surface area (Å²) < 4.78 is 26.6. The molecule has 3 heterocycles. The molecule has 0 aromatic carbocycles. The van der Waals surface area contributed by atoms with Gasteiger partial charge in [-0.2, -0.15) is 4.31 Å². The number of nitrogens with two attached hydrogens (primary N) is 1. The fraction of sp³-hybridized carbons (Fsp3) is 0.286. The highest BCUT2D eigenvalue weighted by molar-refractivity contribution is 7.89. The first-order chi connectivity index (χ1) is 10.6. The minimum absolute atomic E-state index is 0.138. The largest absolute Gasteiger partial charge is 0.397 e. The molecule has 3 rings (SSSR count). The topological polar surface area (TPSA) is 92.4 Å². The Labute approximate surface area is 129 Å². The number of nitrogens with zero attached hydrogens (tertiary/aromatic N) is 4. The van der Waals surface area contributed by atoms with Crippen molar-refractivity contribution in [2.24, 2.45) is 0 Å². The minimum atomic E-state index is -3.55. The number of aromatic nitrogens is 2. The summed E-state index contributed by atoms with van der Waals surface area (Å²) in [6.07, 6.45) is 4.49. The molecule has 22 heavy (non-hydrogen) atoms. The average Bonchev–Trinajstić information content (AvgIpc) is 2.56. The molecule has 0 aliphatic carbocycles. The maximum atomic E-state index is 12.6. The van der Waals surface area contributed by atoms with Crippen molar-refractivity contribution in [2.75, 3.05) is 36.8 Å². The van der Waals surface area contributed by atoms with Gasteiger partial charge in [0.15, 0.2) is 0 Å². The van der Waals surface area contributed by atoms with Gasteiger partial charge in [-0.3, -0.25) is 4.98 Å². The van der Waals surface area contributed by atoms with Crippen LogP contribution in [0.15, 0.2) is 47.8 Å². The average molecular weight is 319 g/mol. The van der Waals surface area contributed by atoms with E-state index in [-0.39, 0.29) is 4.90 Å². The molecule has 0 unspecified atom stereocenters. The van der Waals surface area contributed by atoms with Gasteiger partial charge in [0.1, 0.15) is 10.7 Å². The molecule has 2 aromatic rings. The third-order valence-corrected chi connectivity index (χ3v) is 5.45. The summed E-state index contributed by atoms with van der Waals surface area (Å²) in [4.78, 5) is 10.4. The van der Waals surface area contributed by atoms with Crippen LogP contribution in [-0.2, 0) is 10.0 Å². The van der Waals surface area contributed by atoms with E-state index < -0.39 is 10.0 Å².